The zero-order chi connectivity index (χ0) is 11.0. The van der Waals surface area contributed by atoms with Gasteiger partial charge >= 0.3 is 0 Å². The summed E-state index contributed by atoms with van der Waals surface area (Å²) in [7, 11) is 0. The van der Waals surface area contributed by atoms with Gasteiger partial charge < -0.3 is 0 Å². The first-order chi connectivity index (χ1) is 7.88. The van der Waals surface area contributed by atoms with E-state index < -0.39 is 0 Å². The van der Waals surface area contributed by atoms with Crippen LogP contribution in [0.2, 0.25) is 0 Å². The number of pyridine rings is 2. The summed E-state index contributed by atoms with van der Waals surface area (Å²) in [6.07, 6.45) is 6.77. The third-order valence-electron chi connectivity index (χ3n) is 2.58. The van der Waals surface area contributed by atoms with Gasteiger partial charge in [-0.3, -0.25) is 14.8 Å². The number of hydrogen-bond donors (Lipinski definition) is 0. The monoisotopic (exact) mass is 208 g/mol. The van der Waals surface area contributed by atoms with Crippen molar-refractivity contribution in [3.63, 3.8) is 0 Å². The molecule has 0 saturated heterocycles. The summed E-state index contributed by atoms with van der Waals surface area (Å²) < 4.78 is 0. The van der Waals surface area contributed by atoms with Gasteiger partial charge in [0.25, 0.3) is 0 Å². The molecular weight excluding hydrogens is 200 g/mol. The molecule has 3 nitrogen and oxygen atoms in total. The van der Waals surface area contributed by atoms with Gasteiger partial charge in [-0.2, -0.15) is 0 Å². The summed E-state index contributed by atoms with van der Waals surface area (Å²) in [6, 6.07) is 7.39. The summed E-state index contributed by atoms with van der Waals surface area (Å²) in [4.78, 5) is 19.6. The van der Waals surface area contributed by atoms with Gasteiger partial charge in [-0.05, 0) is 35.4 Å². The maximum Gasteiger partial charge on any atom is 0.195 e. The van der Waals surface area contributed by atoms with Gasteiger partial charge in [-0.1, -0.05) is 0 Å². The second kappa shape index (κ2) is 3.38. The second-order valence-electron chi connectivity index (χ2n) is 3.55. The molecule has 0 radical (unpaired) electrons. The number of hydrogen-bond acceptors (Lipinski definition) is 3. The van der Waals surface area contributed by atoms with Crippen molar-refractivity contribution in [2.45, 2.75) is 0 Å². The third kappa shape index (κ3) is 1.34. The molecule has 0 unspecified atom stereocenters. The fraction of sp³-hybridized carbons (Fsp3) is 0. The molecular formula is C13H8N2O. The zero-order valence-electron chi connectivity index (χ0n) is 8.42. The molecule has 2 heterocycles. The van der Waals surface area contributed by atoms with E-state index in [1.165, 1.54) is 0 Å². The largest absolute Gasteiger partial charge is 0.289 e. The van der Waals surface area contributed by atoms with Crippen LogP contribution in [0, 0.1) is 0 Å². The minimum atomic E-state index is 0.123. The van der Waals surface area contributed by atoms with Crippen LogP contribution in [-0.4, -0.2) is 9.97 Å². The van der Waals surface area contributed by atoms with E-state index in [1.54, 1.807) is 24.8 Å². The van der Waals surface area contributed by atoms with E-state index in [-0.39, 0.29) is 5.43 Å². The van der Waals surface area contributed by atoms with Crippen LogP contribution in [0.4, 0.5) is 0 Å². The quantitative estimate of drug-likeness (QED) is 0.647. The van der Waals surface area contributed by atoms with E-state index in [1.807, 2.05) is 24.3 Å². The van der Waals surface area contributed by atoms with Gasteiger partial charge in [0.15, 0.2) is 5.43 Å². The first-order valence-corrected chi connectivity index (χ1v) is 4.97. The Labute approximate surface area is 92.1 Å². The van der Waals surface area contributed by atoms with Crippen molar-refractivity contribution in [2.75, 3.05) is 0 Å². The van der Waals surface area contributed by atoms with Crippen LogP contribution in [0.15, 0.2) is 53.8 Å². The zero-order valence-corrected chi connectivity index (χ0v) is 8.42. The Bertz CT molecular complexity index is 568. The topological polar surface area (TPSA) is 42.9 Å². The first-order valence-electron chi connectivity index (χ1n) is 4.97. The minimum Gasteiger partial charge on any atom is -0.289 e. The van der Waals surface area contributed by atoms with Gasteiger partial charge in [0.05, 0.1) is 0 Å². The fourth-order valence-electron chi connectivity index (χ4n) is 1.76. The van der Waals surface area contributed by atoms with E-state index in [0.717, 1.165) is 22.3 Å². The summed E-state index contributed by atoms with van der Waals surface area (Å²) in [5.74, 6) is 0. The van der Waals surface area contributed by atoms with Crippen molar-refractivity contribution in [1.82, 2.24) is 9.97 Å². The van der Waals surface area contributed by atoms with E-state index in [2.05, 4.69) is 9.97 Å². The van der Waals surface area contributed by atoms with Crippen molar-refractivity contribution in [3.8, 4) is 22.3 Å². The SMILES string of the molecule is O=c1c(-c2ccncc2)c1-c1ccncc1. The molecule has 3 rings (SSSR count). The molecule has 16 heavy (non-hydrogen) atoms. The Kier molecular flexibility index (Phi) is 1.90. The van der Waals surface area contributed by atoms with E-state index in [0.29, 0.717) is 0 Å². The maximum absolute atomic E-state index is 11.7. The second-order valence-corrected chi connectivity index (χ2v) is 3.55. The maximum atomic E-state index is 11.7. The standard InChI is InChI=1S/C13H8N2O/c16-13-11(9-1-5-14-6-2-9)12(13)10-3-7-15-8-4-10/h1-8H. The fourth-order valence-corrected chi connectivity index (χ4v) is 1.76. The Morgan fingerprint density at radius 3 is 1.44 bits per heavy atom. The molecule has 0 aliphatic rings. The lowest BCUT2D eigenvalue weighted by atomic mass is 10.1. The highest BCUT2D eigenvalue weighted by atomic mass is 16.1. The Morgan fingerprint density at radius 2 is 1.06 bits per heavy atom. The van der Waals surface area contributed by atoms with Gasteiger partial charge in [0, 0.05) is 35.9 Å². The highest BCUT2D eigenvalue weighted by Crippen LogP contribution is 2.33. The lowest BCUT2D eigenvalue weighted by Crippen LogP contribution is -1.78. The molecule has 0 atom stereocenters. The van der Waals surface area contributed by atoms with Crippen LogP contribution >= 0.6 is 0 Å². The lowest BCUT2D eigenvalue weighted by molar-refractivity contribution is 1.33. The highest BCUT2D eigenvalue weighted by molar-refractivity contribution is 5.93. The minimum absolute atomic E-state index is 0.123. The average Bonchev–Trinajstić information content (AvgIpc) is 3.03. The predicted molar refractivity (Wildman–Crippen MR) is 61.5 cm³/mol. The van der Waals surface area contributed by atoms with Crippen LogP contribution in [-0.2, 0) is 0 Å². The molecule has 3 aromatic rings. The van der Waals surface area contributed by atoms with Gasteiger partial charge in [0.2, 0.25) is 0 Å². The predicted octanol–water partition coefficient (Wildman–Crippen LogP) is 2.05. The van der Waals surface area contributed by atoms with Gasteiger partial charge in [-0.15, -0.1) is 0 Å². The smallest absolute Gasteiger partial charge is 0.195 e. The molecule has 0 fully saturated rings. The molecule has 0 aliphatic carbocycles. The van der Waals surface area contributed by atoms with Crippen LogP contribution < -0.4 is 5.43 Å². The summed E-state index contributed by atoms with van der Waals surface area (Å²) in [5, 5.41) is 0. The molecule has 0 N–H and O–H groups in total. The van der Waals surface area contributed by atoms with E-state index in [4.69, 9.17) is 0 Å². The number of aromatic nitrogens is 2. The number of rotatable bonds is 2. The highest BCUT2D eigenvalue weighted by Gasteiger charge is 2.24. The van der Waals surface area contributed by atoms with Crippen molar-refractivity contribution in [2.24, 2.45) is 0 Å². The van der Waals surface area contributed by atoms with E-state index >= 15 is 0 Å². The summed E-state index contributed by atoms with van der Waals surface area (Å²) in [6.45, 7) is 0. The molecule has 2 aromatic heterocycles. The molecule has 0 saturated carbocycles. The average molecular weight is 208 g/mol. The third-order valence-corrected chi connectivity index (χ3v) is 2.58. The van der Waals surface area contributed by atoms with Crippen LogP contribution in [0.1, 0.15) is 0 Å². The Morgan fingerprint density at radius 1 is 0.688 bits per heavy atom. The van der Waals surface area contributed by atoms with Gasteiger partial charge in [0.1, 0.15) is 0 Å². The van der Waals surface area contributed by atoms with Crippen molar-refractivity contribution in [3.05, 3.63) is 59.3 Å². The molecule has 0 aliphatic heterocycles. The molecule has 3 heteroatoms. The molecule has 1 aromatic carbocycles. The van der Waals surface area contributed by atoms with Crippen LogP contribution in [0.3, 0.4) is 0 Å². The Hall–Kier alpha value is -2.29. The van der Waals surface area contributed by atoms with E-state index in [9.17, 15) is 4.79 Å². The first kappa shape index (κ1) is 8.97. The number of nitrogens with zero attached hydrogens (tertiary/aromatic N) is 2. The molecule has 0 spiro atoms. The van der Waals surface area contributed by atoms with Crippen molar-refractivity contribution in [1.29, 1.82) is 0 Å². The summed E-state index contributed by atoms with van der Waals surface area (Å²) >= 11 is 0. The summed E-state index contributed by atoms with van der Waals surface area (Å²) in [5.41, 5.74) is 3.60. The molecule has 0 amide bonds. The molecule has 76 valence electrons. The normalized spacial score (nSPS) is 10.8. The van der Waals surface area contributed by atoms with Crippen LogP contribution in [0.25, 0.3) is 22.3 Å². The van der Waals surface area contributed by atoms with Crippen LogP contribution in [0.5, 0.6) is 0 Å². The Balaban J connectivity index is 2.06. The van der Waals surface area contributed by atoms with Crippen molar-refractivity contribution < 1.29 is 0 Å². The molecule has 0 bridgehead atoms. The van der Waals surface area contributed by atoms with Gasteiger partial charge in [-0.25, -0.2) is 0 Å². The van der Waals surface area contributed by atoms with Crippen molar-refractivity contribution >= 4 is 0 Å². The lowest BCUT2D eigenvalue weighted by Gasteiger charge is -1.92.